The van der Waals surface area contributed by atoms with E-state index < -0.39 is 0 Å². The summed E-state index contributed by atoms with van der Waals surface area (Å²) in [6, 6.07) is 12.7. The van der Waals surface area contributed by atoms with Crippen molar-refractivity contribution >= 4 is 38.9 Å². The van der Waals surface area contributed by atoms with Gasteiger partial charge in [0, 0.05) is 21.9 Å². The predicted octanol–water partition coefficient (Wildman–Crippen LogP) is 5.01. The molecule has 2 aromatic rings. The zero-order valence-electron chi connectivity index (χ0n) is 9.41. The maximum Gasteiger partial charge on any atom is 0.0931 e. The molecule has 0 aliphatic heterocycles. The Morgan fingerprint density at radius 3 is 2.53 bits per heavy atom. The molecule has 1 aromatic heterocycles. The number of halogens is 2. The van der Waals surface area contributed by atoms with Crippen LogP contribution in [0, 0.1) is 0 Å². The molecular formula is C13H13BrClNS. The third-order valence-corrected chi connectivity index (χ3v) is 4.34. The molecular weight excluding hydrogens is 318 g/mol. The standard InChI is InChI=1S/C13H13BrClNS/c1-9(10-2-4-11(14)5-3-10)16-8-12-6-7-13(15)17-12/h2-7,9,16H,8H2,1H3/t9-/m1/s1. The van der Waals surface area contributed by atoms with Gasteiger partial charge in [0.2, 0.25) is 0 Å². The van der Waals surface area contributed by atoms with Crippen molar-refractivity contribution in [2.45, 2.75) is 19.5 Å². The maximum atomic E-state index is 5.90. The van der Waals surface area contributed by atoms with Crippen LogP contribution in [-0.2, 0) is 6.54 Å². The minimum Gasteiger partial charge on any atom is -0.305 e. The molecule has 1 nitrogen and oxygen atoms in total. The number of rotatable bonds is 4. The minimum atomic E-state index is 0.337. The summed E-state index contributed by atoms with van der Waals surface area (Å²) in [5, 5.41) is 3.48. The van der Waals surface area contributed by atoms with E-state index in [1.54, 1.807) is 11.3 Å². The minimum absolute atomic E-state index is 0.337. The first kappa shape index (κ1) is 13.1. The Morgan fingerprint density at radius 1 is 1.24 bits per heavy atom. The van der Waals surface area contributed by atoms with Crippen LogP contribution >= 0.6 is 38.9 Å². The molecule has 0 radical (unpaired) electrons. The summed E-state index contributed by atoms with van der Waals surface area (Å²) in [6.45, 7) is 3.02. The second-order valence-electron chi connectivity index (χ2n) is 3.86. The molecule has 1 atom stereocenters. The average molecular weight is 331 g/mol. The summed E-state index contributed by atoms with van der Waals surface area (Å²) in [6.07, 6.45) is 0. The topological polar surface area (TPSA) is 12.0 Å². The van der Waals surface area contributed by atoms with Crippen molar-refractivity contribution in [1.82, 2.24) is 5.32 Å². The Bertz CT molecular complexity index is 480. The highest BCUT2D eigenvalue weighted by atomic mass is 79.9. The highest BCUT2D eigenvalue weighted by molar-refractivity contribution is 9.10. The van der Waals surface area contributed by atoms with Crippen molar-refractivity contribution in [3.63, 3.8) is 0 Å². The van der Waals surface area contributed by atoms with Crippen LogP contribution in [0.2, 0.25) is 4.34 Å². The molecule has 0 aliphatic carbocycles. The SMILES string of the molecule is C[C@@H](NCc1ccc(Cl)s1)c1ccc(Br)cc1. The van der Waals surface area contributed by atoms with E-state index in [4.69, 9.17) is 11.6 Å². The Morgan fingerprint density at radius 2 is 1.94 bits per heavy atom. The smallest absolute Gasteiger partial charge is 0.0931 e. The first-order valence-corrected chi connectivity index (χ1v) is 7.37. The van der Waals surface area contributed by atoms with Crippen molar-refractivity contribution in [2.75, 3.05) is 0 Å². The molecule has 17 heavy (non-hydrogen) atoms. The fraction of sp³-hybridized carbons (Fsp3) is 0.231. The van der Waals surface area contributed by atoms with E-state index in [0.29, 0.717) is 6.04 Å². The largest absolute Gasteiger partial charge is 0.305 e. The molecule has 1 heterocycles. The summed E-state index contributed by atoms with van der Waals surface area (Å²) in [5.41, 5.74) is 1.29. The molecule has 0 spiro atoms. The number of hydrogen-bond donors (Lipinski definition) is 1. The normalized spacial score (nSPS) is 12.6. The van der Waals surface area contributed by atoms with Gasteiger partial charge in [-0.05, 0) is 36.8 Å². The molecule has 0 aliphatic rings. The van der Waals surface area contributed by atoms with Crippen LogP contribution < -0.4 is 5.32 Å². The summed E-state index contributed by atoms with van der Waals surface area (Å²) >= 11 is 11.0. The van der Waals surface area contributed by atoms with E-state index in [0.717, 1.165) is 15.4 Å². The fourth-order valence-electron chi connectivity index (χ4n) is 1.57. The number of nitrogens with one attached hydrogen (secondary N) is 1. The lowest BCUT2D eigenvalue weighted by molar-refractivity contribution is 0.579. The number of hydrogen-bond acceptors (Lipinski definition) is 2. The lowest BCUT2D eigenvalue weighted by Crippen LogP contribution is -2.17. The summed E-state index contributed by atoms with van der Waals surface area (Å²) in [5.74, 6) is 0. The molecule has 90 valence electrons. The molecule has 0 saturated carbocycles. The van der Waals surface area contributed by atoms with Crippen LogP contribution in [0.1, 0.15) is 23.4 Å². The summed E-state index contributed by atoms with van der Waals surface area (Å²) in [4.78, 5) is 1.26. The van der Waals surface area contributed by atoms with Gasteiger partial charge in [-0.15, -0.1) is 11.3 Å². The summed E-state index contributed by atoms with van der Waals surface area (Å²) < 4.78 is 1.96. The maximum absolute atomic E-state index is 5.90. The van der Waals surface area contributed by atoms with E-state index >= 15 is 0 Å². The van der Waals surface area contributed by atoms with E-state index in [9.17, 15) is 0 Å². The lowest BCUT2D eigenvalue weighted by Gasteiger charge is -2.13. The second kappa shape index (κ2) is 6.01. The Balaban J connectivity index is 1.93. The van der Waals surface area contributed by atoms with Gasteiger partial charge in [0.1, 0.15) is 0 Å². The van der Waals surface area contributed by atoms with Gasteiger partial charge in [0.05, 0.1) is 4.34 Å². The lowest BCUT2D eigenvalue weighted by atomic mass is 10.1. The molecule has 0 bridgehead atoms. The first-order chi connectivity index (χ1) is 8.15. The van der Waals surface area contributed by atoms with Gasteiger partial charge in [-0.2, -0.15) is 0 Å². The van der Waals surface area contributed by atoms with Crippen molar-refractivity contribution in [1.29, 1.82) is 0 Å². The molecule has 0 unspecified atom stereocenters. The molecule has 2 rings (SSSR count). The van der Waals surface area contributed by atoms with Crippen LogP contribution in [0.5, 0.6) is 0 Å². The van der Waals surface area contributed by atoms with Gasteiger partial charge in [0.15, 0.2) is 0 Å². The Labute approximate surface area is 119 Å². The Kier molecular flexibility index (Phi) is 4.62. The van der Waals surface area contributed by atoms with E-state index in [1.807, 2.05) is 6.07 Å². The molecule has 1 N–H and O–H groups in total. The average Bonchev–Trinajstić information content (AvgIpc) is 2.73. The second-order valence-corrected chi connectivity index (χ2v) is 6.58. The Hall–Kier alpha value is -0.350. The third-order valence-electron chi connectivity index (χ3n) is 2.58. The molecule has 0 saturated heterocycles. The zero-order chi connectivity index (χ0) is 12.3. The predicted molar refractivity (Wildman–Crippen MR) is 78.7 cm³/mol. The van der Waals surface area contributed by atoms with Crippen molar-refractivity contribution < 1.29 is 0 Å². The monoisotopic (exact) mass is 329 g/mol. The van der Waals surface area contributed by atoms with Crippen LogP contribution in [0.15, 0.2) is 40.9 Å². The van der Waals surface area contributed by atoms with E-state index in [2.05, 4.69) is 58.5 Å². The van der Waals surface area contributed by atoms with Crippen molar-refractivity contribution in [2.24, 2.45) is 0 Å². The van der Waals surface area contributed by atoms with Gasteiger partial charge < -0.3 is 5.32 Å². The molecule has 4 heteroatoms. The van der Waals surface area contributed by atoms with Gasteiger partial charge >= 0.3 is 0 Å². The third kappa shape index (κ3) is 3.81. The van der Waals surface area contributed by atoms with Crippen LogP contribution in [0.3, 0.4) is 0 Å². The van der Waals surface area contributed by atoms with Crippen molar-refractivity contribution in [3.05, 3.63) is 55.6 Å². The number of benzene rings is 1. The molecule has 0 amide bonds. The van der Waals surface area contributed by atoms with Gasteiger partial charge in [-0.3, -0.25) is 0 Å². The van der Waals surface area contributed by atoms with Gasteiger partial charge in [-0.25, -0.2) is 0 Å². The highest BCUT2D eigenvalue weighted by Gasteiger charge is 2.05. The first-order valence-electron chi connectivity index (χ1n) is 5.38. The number of thiophene rings is 1. The van der Waals surface area contributed by atoms with Crippen molar-refractivity contribution in [3.8, 4) is 0 Å². The van der Waals surface area contributed by atoms with E-state index in [-0.39, 0.29) is 0 Å². The summed E-state index contributed by atoms with van der Waals surface area (Å²) in [7, 11) is 0. The highest BCUT2D eigenvalue weighted by Crippen LogP contribution is 2.22. The van der Waals surface area contributed by atoms with Crippen LogP contribution in [0.4, 0.5) is 0 Å². The fourth-order valence-corrected chi connectivity index (χ4v) is 2.87. The molecule has 0 fully saturated rings. The van der Waals surface area contributed by atoms with E-state index in [1.165, 1.54) is 10.4 Å². The van der Waals surface area contributed by atoms with Crippen LogP contribution in [0.25, 0.3) is 0 Å². The molecule has 1 aromatic carbocycles. The van der Waals surface area contributed by atoms with Gasteiger partial charge in [-0.1, -0.05) is 39.7 Å². The van der Waals surface area contributed by atoms with Crippen LogP contribution in [-0.4, -0.2) is 0 Å². The zero-order valence-corrected chi connectivity index (χ0v) is 12.6. The quantitative estimate of drug-likeness (QED) is 0.830. The van der Waals surface area contributed by atoms with Gasteiger partial charge in [0.25, 0.3) is 0 Å².